The number of hydrogen-bond donors (Lipinski definition) is 2. The predicted octanol–water partition coefficient (Wildman–Crippen LogP) is 2.46. The van der Waals surface area contributed by atoms with E-state index in [-0.39, 0.29) is 42.6 Å². The highest BCUT2D eigenvalue weighted by molar-refractivity contribution is 5.91. The fourth-order valence-electron chi connectivity index (χ4n) is 8.66. The number of ketones is 2. The second-order valence-corrected chi connectivity index (χ2v) is 11.4. The Labute approximate surface area is 192 Å². The highest BCUT2D eigenvalue weighted by Crippen LogP contribution is 2.71. The number of aliphatic hydroxyl groups excluding tert-OH is 2. The van der Waals surface area contributed by atoms with Gasteiger partial charge < -0.3 is 20.1 Å². The van der Waals surface area contributed by atoms with Crippen molar-refractivity contribution >= 4 is 17.5 Å². The molecule has 3 saturated carbocycles. The van der Waals surface area contributed by atoms with Crippen molar-refractivity contribution in [1.82, 2.24) is 0 Å². The normalized spacial score (nSPS) is 43.1. The van der Waals surface area contributed by atoms with Crippen molar-refractivity contribution < 1.29 is 31.1 Å². The molecule has 0 aromatic heterocycles. The van der Waals surface area contributed by atoms with Crippen LogP contribution in [0.25, 0.3) is 0 Å². The summed E-state index contributed by atoms with van der Waals surface area (Å²) in [6.07, 6.45) is 8.04. The third kappa shape index (κ3) is 3.40. The zero-order valence-corrected chi connectivity index (χ0v) is 19.4. The summed E-state index contributed by atoms with van der Waals surface area (Å²) in [7, 11) is 0. The third-order valence-electron chi connectivity index (χ3n) is 10.2. The number of aliphatic carboxylic acids is 1. The molecule has 0 heterocycles. The van der Waals surface area contributed by atoms with Crippen LogP contribution in [0.3, 0.4) is 0 Å². The number of carboxylic acid groups (broad SMARTS) is 1. The van der Waals surface area contributed by atoms with Crippen molar-refractivity contribution in [3.8, 4) is 0 Å². The van der Waals surface area contributed by atoms with Gasteiger partial charge in [0.2, 0.25) is 0 Å². The van der Waals surface area contributed by atoms with Gasteiger partial charge in [0.15, 0.2) is 11.6 Å². The summed E-state index contributed by atoms with van der Waals surface area (Å²) in [5, 5.41) is 32.3. The Morgan fingerprint density at radius 3 is 2.62 bits per heavy atom. The molecule has 0 aromatic carbocycles. The van der Waals surface area contributed by atoms with Gasteiger partial charge in [-0.3, -0.25) is 9.59 Å². The molecule has 3 fully saturated rings. The first-order chi connectivity index (χ1) is 15.1. The lowest BCUT2D eigenvalue weighted by Gasteiger charge is -2.61. The Bertz CT molecular complexity index is 839. The monoisotopic (exact) mass is 446 g/mol. The molecule has 6 nitrogen and oxygen atoms in total. The maximum absolute atomic E-state index is 13.2. The highest BCUT2D eigenvalue weighted by Gasteiger charge is 2.67. The molecule has 6 heteroatoms. The van der Waals surface area contributed by atoms with Gasteiger partial charge in [-0.15, -0.1) is 0 Å². The second kappa shape index (κ2) is 8.35. The topological polar surface area (TPSA) is 115 Å². The van der Waals surface area contributed by atoms with E-state index in [1.807, 2.05) is 6.08 Å². The van der Waals surface area contributed by atoms with E-state index in [0.717, 1.165) is 25.7 Å². The van der Waals surface area contributed by atoms with Crippen LogP contribution in [0.5, 0.6) is 0 Å². The van der Waals surface area contributed by atoms with Crippen LogP contribution >= 0.6 is 0 Å². The summed E-state index contributed by atoms with van der Waals surface area (Å²) >= 11 is 0. The molecule has 0 spiro atoms. The summed E-state index contributed by atoms with van der Waals surface area (Å²) in [5.74, 6) is -0.390. The zero-order chi connectivity index (χ0) is 23.3. The van der Waals surface area contributed by atoms with Crippen molar-refractivity contribution in [1.29, 1.82) is 0 Å². The van der Waals surface area contributed by atoms with Crippen molar-refractivity contribution in [2.45, 2.75) is 90.6 Å². The van der Waals surface area contributed by atoms with Crippen LogP contribution in [-0.2, 0) is 14.4 Å². The second-order valence-electron chi connectivity index (χ2n) is 11.4. The van der Waals surface area contributed by atoms with Gasteiger partial charge in [0.1, 0.15) is 6.61 Å². The molecule has 0 aromatic rings. The molecule has 2 N–H and O–H groups in total. The summed E-state index contributed by atoms with van der Waals surface area (Å²) in [6.45, 7) is 3.84. The number of carboxylic acids is 1. The van der Waals surface area contributed by atoms with Gasteiger partial charge >= 0.3 is 1.43 Å². The summed E-state index contributed by atoms with van der Waals surface area (Å²) in [5.41, 5.74) is -0.116. The average Bonchev–Trinajstić information content (AvgIpc) is 3.03. The summed E-state index contributed by atoms with van der Waals surface area (Å²) in [6, 6.07) is 0. The minimum atomic E-state index is -1.08. The number of fused-ring (bicyclic) bond motifs is 5. The molecule has 178 valence electrons. The smallest absolute Gasteiger partial charge is 0.550 e. The molecule has 0 aliphatic heterocycles. The number of aliphatic hydroxyl groups is 2. The third-order valence-corrected chi connectivity index (χ3v) is 10.2. The van der Waals surface area contributed by atoms with Crippen molar-refractivity contribution in [3.63, 3.8) is 0 Å². The van der Waals surface area contributed by atoms with Crippen LogP contribution in [0, 0.1) is 34.0 Å². The molecule has 7 atom stereocenters. The lowest BCUT2D eigenvalue weighted by atomic mass is 9.43. The average molecular weight is 447 g/mol. The largest absolute Gasteiger partial charge is 1.00 e. The molecular formula is C26H38O6. The van der Waals surface area contributed by atoms with Gasteiger partial charge in [-0.1, -0.05) is 25.8 Å². The first-order valence-corrected chi connectivity index (χ1v) is 12.3. The van der Waals surface area contributed by atoms with E-state index in [0.29, 0.717) is 38.5 Å². The fourth-order valence-corrected chi connectivity index (χ4v) is 8.66. The number of hydrogen-bond acceptors (Lipinski definition) is 6. The first-order valence-electron chi connectivity index (χ1n) is 12.3. The molecule has 4 aliphatic rings. The van der Waals surface area contributed by atoms with E-state index in [1.54, 1.807) is 0 Å². The van der Waals surface area contributed by atoms with Gasteiger partial charge in [0.25, 0.3) is 0 Å². The van der Waals surface area contributed by atoms with Gasteiger partial charge in [-0.2, -0.15) is 0 Å². The van der Waals surface area contributed by atoms with Crippen LogP contribution in [0.2, 0.25) is 0 Å². The van der Waals surface area contributed by atoms with Crippen LogP contribution in [0.1, 0.15) is 85.9 Å². The fraction of sp³-hybridized carbons (Fsp3) is 0.808. The van der Waals surface area contributed by atoms with Gasteiger partial charge in [-0.25, -0.2) is 0 Å². The van der Waals surface area contributed by atoms with Crippen LogP contribution in [-0.4, -0.2) is 40.5 Å². The molecule has 0 radical (unpaired) electrons. The predicted molar refractivity (Wildman–Crippen MR) is 117 cm³/mol. The van der Waals surface area contributed by atoms with Crippen molar-refractivity contribution in [2.24, 2.45) is 34.0 Å². The lowest BCUT2D eigenvalue weighted by molar-refractivity contribution is -0.305. The summed E-state index contributed by atoms with van der Waals surface area (Å²) in [4.78, 5) is 36.1. The van der Waals surface area contributed by atoms with E-state index in [4.69, 9.17) is 0 Å². The van der Waals surface area contributed by atoms with E-state index < -0.39 is 29.5 Å². The Morgan fingerprint density at radius 2 is 1.94 bits per heavy atom. The number of unbranched alkanes of at least 4 members (excludes halogenated alkanes) is 1. The number of Topliss-reactive ketones (excluding diaryl/α,β-unsaturated/α-hetero) is 1. The number of allylic oxidation sites excluding steroid dienone is 1. The highest BCUT2D eigenvalue weighted by atomic mass is 16.4. The quantitative estimate of drug-likeness (QED) is 0.581. The van der Waals surface area contributed by atoms with Gasteiger partial charge in [0.05, 0.1) is 6.10 Å². The van der Waals surface area contributed by atoms with E-state index in [2.05, 4.69) is 13.8 Å². The van der Waals surface area contributed by atoms with E-state index in [9.17, 15) is 29.7 Å². The van der Waals surface area contributed by atoms with Crippen molar-refractivity contribution in [3.05, 3.63) is 11.6 Å². The van der Waals surface area contributed by atoms with Crippen LogP contribution in [0.15, 0.2) is 11.6 Å². The number of carbonyl (C=O) groups excluding carboxylic acids is 3. The summed E-state index contributed by atoms with van der Waals surface area (Å²) < 4.78 is 0. The molecule has 0 bridgehead atoms. The molecule has 0 unspecified atom stereocenters. The zero-order valence-electron chi connectivity index (χ0n) is 20.4. The molecule has 0 saturated heterocycles. The van der Waals surface area contributed by atoms with Gasteiger partial charge in [-0.05, 0) is 92.4 Å². The minimum Gasteiger partial charge on any atom is -0.550 e. The lowest BCUT2D eigenvalue weighted by Crippen LogP contribution is -2.59. The Kier molecular flexibility index (Phi) is 6.17. The molecule has 32 heavy (non-hydrogen) atoms. The maximum Gasteiger partial charge on any atom is 1.00 e. The Hall–Kier alpha value is -1.53. The number of rotatable bonds is 7. The molecule has 4 aliphatic carbocycles. The van der Waals surface area contributed by atoms with Gasteiger partial charge in [0, 0.05) is 17.8 Å². The molecule has 4 rings (SSSR count). The first kappa shape index (κ1) is 23.6. The van der Waals surface area contributed by atoms with Crippen molar-refractivity contribution in [2.75, 3.05) is 6.61 Å². The Morgan fingerprint density at radius 1 is 1.19 bits per heavy atom. The number of carbonyl (C=O) groups is 3. The molecular weight excluding hydrogens is 408 g/mol. The van der Waals surface area contributed by atoms with Crippen LogP contribution < -0.4 is 5.11 Å². The van der Waals surface area contributed by atoms with Crippen LogP contribution in [0.4, 0.5) is 0 Å². The Balaban J connectivity index is 0.00000306. The van der Waals surface area contributed by atoms with E-state index >= 15 is 0 Å². The molecule has 0 amide bonds. The maximum atomic E-state index is 13.2. The standard InChI is InChI=1S/C26H38O6/c1-24-11-8-17(28)13-16(24)6-7-18-19-9-12-26(21(30)15-27,10-4-3-5-22(31)32)25(19,2)14-20(29)23(18)24/h13,18-20,23,27,29H,3-12,14-15H2,1-2H3,(H,31,32)/t18-,19-,20-,23+,24-,25-,26-/m0/s1. The minimum absolute atomic E-state index is 0. The SMILES string of the molecule is C[C@]12CCC(=O)C=C1CC[C@@H]1[C@@H]2[C@@H](O)C[C@@]2(C)[C@H]1CC[C@@]2(CCCCC(=O)[O-])C(=O)CO.[H+]. The van der Waals surface area contributed by atoms with E-state index in [1.165, 1.54) is 5.57 Å².